The maximum atomic E-state index is 3.62. The van der Waals surface area contributed by atoms with Crippen LogP contribution in [0.4, 0.5) is 0 Å². The van der Waals surface area contributed by atoms with Crippen molar-refractivity contribution < 1.29 is 0 Å². The second-order valence-electron chi connectivity index (χ2n) is 4.58. The summed E-state index contributed by atoms with van der Waals surface area (Å²) in [6, 6.07) is 8.08. The van der Waals surface area contributed by atoms with Crippen molar-refractivity contribution >= 4 is 0 Å². The van der Waals surface area contributed by atoms with E-state index < -0.39 is 0 Å². The van der Waals surface area contributed by atoms with Crippen LogP contribution in [0.2, 0.25) is 0 Å². The minimum Gasteiger partial charge on any atom is -0.307 e. The van der Waals surface area contributed by atoms with Crippen LogP contribution >= 0.6 is 0 Å². The highest BCUT2D eigenvalue weighted by Gasteiger charge is 2.23. The SMILES string of the molecule is Cc1cc(C)cc([C@@H](C)NC2CC2)c1. The zero-order chi connectivity index (χ0) is 10.1. The van der Waals surface area contributed by atoms with Crippen LogP contribution < -0.4 is 5.32 Å². The van der Waals surface area contributed by atoms with Gasteiger partial charge in [0.05, 0.1) is 0 Å². The Bertz CT molecular complexity index is 306. The summed E-state index contributed by atoms with van der Waals surface area (Å²) in [6.07, 6.45) is 2.71. The number of benzene rings is 1. The molecular weight excluding hydrogens is 170 g/mol. The number of nitrogens with one attached hydrogen (secondary N) is 1. The average Bonchev–Trinajstić information content (AvgIpc) is 2.86. The summed E-state index contributed by atoms with van der Waals surface area (Å²) >= 11 is 0. The molecular formula is C13H19N. The molecule has 1 nitrogen and oxygen atoms in total. The van der Waals surface area contributed by atoms with Gasteiger partial charge >= 0.3 is 0 Å². The number of aryl methyl sites for hydroxylation is 2. The molecule has 0 spiro atoms. The fraction of sp³-hybridized carbons (Fsp3) is 0.538. The second-order valence-corrected chi connectivity index (χ2v) is 4.58. The predicted octanol–water partition coefficient (Wildman–Crippen LogP) is 3.12. The third kappa shape index (κ3) is 2.36. The van der Waals surface area contributed by atoms with E-state index in [4.69, 9.17) is 0 Å². The van der Waals surface area contributed by atoms with E-state index in [1.165, 1.54) is 29.5 Å². The Hall–Kier alpha value is -0.820. The van der Waals surface area contributed by atoms with Gasteiger partial charge in [-0.1, -0.05) is 29.3 Å². The molecule has 0 aromatic heterocycles. The summed E-state index contributed by atoms with van der Waals surface area (Å²) in [4.78, 5) is 0. The molecule has 0 amide bonds. The largest absolute Gasteiger partial charge is 0.307 e. The van der Waals surface area contributed by atoms with E-state index in [-0.39, 0.29) is 0 Å². The summed E-state index contributed by atoms with van der Waals surface area (Å²) in [6.45, 7) is 6.59. The molecule has 14 heavy (non-hydrogen) atoms. The molecule has 0 bridgehead atoms. The Labute approximate surface area is 86.5 Å². The molecule has 0 aliphatic heterocycles. The van der Waals surface area contributed by atoms with Gasteiger partial charge < -0.3 is 5.32 Å². The van der Waals surface area contributed by atoms with Crippen LogP contribution in [0.15, 0.2) is 18.2 Å². The molecule has 1 aliphatic carbocycles. The lowest BCUT2D eigenvalue weighted by molar-refractivity contribution is 0.570. The van der Waals surface area contributed by atoms with E-state index in [9.17, 15) is 0 Å². The molecule has 1 aromatic rings. The first-order chi connectivity index (χ1) is 6.65. The second kappa shape index (κ2) is 3.74. The zero-order valence-electron chi connectivity index (χ0n) is 9.30. The van der Waals surface area contributed by atoms with Crippen molar-refractivity contribution in [1.29, 1.82) is 0 Å². The Morgan fingerprint density at radius 1 is 1.14 bits per heavy atom. The molecule has 1 N–H and O–H groups in total. The third-order valence-corrected chi connectivity index (χ3v) is 2.81. The van der Waals surface area contributed by atoms with Crippen molar-refractivity contribution in [2.24, 2.45) is 0 Å². The fourth-order valence-electron chi connectivity index (χ4n) is 1.96. The van der Waals surface area contributed by atoms with Crippen molar-refractivity contribution in [3.05, 3.63) is 34.9 Å². The molecule has 1 aliphatic rings. The third-order valence-electron chi connectivity index (χ3n) is 2.81. The minimum absolute atomic E-state index is 0.501. The van der Waals surface area contributed by atoms with Gasteiger partial charge in [-0.05, 0) is 39.2 Å². The highest BCUT2D eigenvalue weighted by atomic mass is 15.0. The molecule has 2 rings (SSSR count). The summed E-state index contributed by atoms with van der Waals surface area (Å²) < 4.78 is 0. The number of hydrogen-bond acceptors (Lipinski definition) is 1. The zero-order valence-corrected chi connectivity index (χ0v) is 9.30. The van der Waals surface area contributed by atoms with Crippen LogP contribution in [0.1, 0.15) is 42.5 Å². The molecule has 1 aromatic carbocycles. The molecule has 1 atom stereocenters. The van der Waals surface area contributed by atoms with Gasteiger partial charge in [-0.2, -0.15) is 0 Å². The Morgan fingerprint density at radius 2 is 1.71 bits per heavy atom. The van der Waals surface area contributed by atoms with Gasteiger partial charge in [0.1, 0.15) is 0 Å². The molecule has 0 radical (unpaired) electrons. The van der Waals surface area contributed by atoms with Crippen molar-refractivity contribution in [2.75, 3.05) is 0 Å². The van der Waals surface area contributed by atoms with Gasteiger partial charge in [-0.25, -0.2) is 0 Å². The Morgan fingerprint density at radius 3 is 2.21 bits per heavy atom. The fourth-order valence-corrected chi connectivity index (χ4v) is 1.96. The van der Waals surface area contributed by atoms with Crippen LogP contribution in [-0.2, 0) is 0 Å². The van der Waals surface area contributed by atoms with Crippen molar-refractivity contribution in [3.8, 4) is 0 Å². The Kier molecular flexibility index (Phi) is 2.60. The average molecular weight is 189 g/mol. The van der Waals surface area contributed by atoms with Crippen LogP contribution in [0.5, 0.6) is 0 Å². The van der Waals surface area contributed by atoms with E-state index in [1.54, 1.807) is 0 Å². The lowest BCUT2D eigenvalue weighted by Gasteiger charge is -2.15. The maximum Gasteiger partial charge on any atom is 0.0294 e. The topological polar surface area (TPSA) is 12.0 Å². The van der Waals surface area contributed by atoms with E-state index >= 15 is 0 Å². The van der Waals surface area contributed by atoms with Gasteiger partial charge in [0.2, 0.25) is 0 Å². The smallest absolute Gasteiger partial charge is 0.0294 e. The van der Waals surface area contributed by atoms with Crippen molar-refractivity contribution in [3.63, 3.8) is 0 Å². The Balaban J connectivity index is 2.12. The van der Waals surface area contributed by atoms with E-state index in [0.717, 1.165) is 6.04 Å². The van der Waals surface area contributed by atoms with Gasteiger partial charge in [0.25, 0.3) is 0 Å². The summed E-state index contributed by atoms with van der Waals surface area (Å²) in [5.41, 5.74) is 4.16. The molecule has 0 unspecified atom stereocenters. The highest BCUT2D eigenvalue weighted by Crippen LogP contribution is 2.24. The van der Waals surface area contributed by atoms with Crippen molar-refractivity contribution in [1.82, 2.24) is 5.32 Å². The van der Waals surface area contributed by atoms with Crippen LogP contribution in [0.3, 0.4) is 0 Å². The van der Waals surface area contributed by atoms with Gasteiger partial charge in [0.15, 0.2) is 0 Å². The van der Waals surface area contributed by atoms with Crippen LogP contribution in [0, 0.1) is 13.8 Å². The summed E-state index contributed by atoms with van der Waals surface area (Å²) in [5, 5.41) is 3.62. The normalized spacial score (nSPS) is 18.2. The first kappa shape index (κ1) is 9.72. The number of hydrogen-bond donors (Lipinski definition) is 1. The quantitative estimate of drug-likeness (QED) is 0.770. The van der Waals surface area contributed by atoms with Crippen LogP contribution in [0.25, 0.3) is 0 Å². The van der Waals surface area contributed by atoms with Gasteiger partial charge in [-0.15, -0.1) is 0 Å². The summed E-state index contributed by atoms with van der Waals surface area (Å²) in [7, 11) is 0. The lowest BCUT2D eigenvalue weighted by Crippen LogP contribution is -2.20. The summed E-state index contributed by atoms with van der Waals surface area (Å²) in [5.74, 6) is 0. The molecule has 0 heterocycles. The molecule has 0 saturated heterocycles. The van der Waals surface area contributed by atoms with Gasteiger partial charge in [-0.3, -0.25) is 0 Å². The first-order valence-electron chi connectivity index (χ1n) is 5.49. The van der Waals surface area contributed by atoms with Gasteiger partial charge in [0, 0.05) is 12.1 Å². The molecule has 1 heteroatoms. The van der Waals surface area contributed by atoms with Crippen molar-refractivity contribution in [2.45, 2.75) is 45.7 Å². The lowest BCUT2D eigenvalue weighted by atomic mass is 10.0. The standard InChI is InChI=1S/C13H19N/c1-9-6-10(2)8-12(7-9)11(3)14-13-4-5-13/h6-8,11,13-14H,4-5H2,1-3H3/t11-/m1/s1. The molecule has 76 valence electrons. The maximum absolute atomic E-state index is 3.62. The van der Waals surface area contributed by atoms with E-state index in [0.29, 0.717) is 6.04 Å². The minimum atomic E-state index is 0.501. The van der Waals surface area contributed by atoms with Crippen LogP contribution in [-0.4, -0.2) is 6.04 Å². The number of rotatable bonds is 3. The monoisotopic (exact) mass is 189 g/mol. The predicted molar refractivity (Wildman–Crippen MR) is 60.5 cm³/mol. The molecule has 1 saturated carbocycles. The molecule has 1 fully saturated rings. The van der Waals surface area contributed by atoms with E-state index in [2.05, 4.69) is 44.3 Å². The van der Waals surface area contributed by atoms with E-state index in [1.807, 2.05) is 0 Å². The first-order valence-corrected chi connectivity index (χ1v) is 5.49. The highest BCUT2D eigenvalue weighted by molar-refractivity contribution is 5.30.